The normalized spacial score (nSPS) is 11.1. The molecule has 0 aliphatic carbocycles. The van der Waals surface area contributed by atoms with Gasteiger partial charge >= 0.3 is 5.97 Å². The topological polar surface area (TPSA) is 92.4 Å². The van der Waals surface area contributed by atoms with Gasteiger partial charge in [0, 0.05) is 12.2 Å². The summed E-state index contributed by atoms with van der Waals surface area (Å²) in [4.78, 5) is 22.3. The fourth-order valence-corrected chi connectivity index (χ4v) is 1.39. The van der Waals surface area contributed by atoms with E-state index in [1.54, 1.807) is 26.0 Å². The van der Waals surface area contributed by atoms with Gasteiger partial charge in [-0.15, -0.1) is 0 Å². The number of hydrogen-bond acceptors (Lipinski definition) is 3. The van der Waals surface area contributed by atoms with Crippen LogP contribution in [0.4, 0.5) is 5.69 Å². The Labute approximate surface area is 106 Å². The number of aromatic carboxylic acids is 1. The molecule has 0 saturated heterocycles. The molecule has 0 bridgehead atoms. The number of nitrogens with one attached hydrogen (secondary N) is 1. The maximum absolute atomic E-state index is 11.2. The summed E-state index contributed by atoms with van der Waals surface area (Å²) in [5.41, 5.74) is 6.15. The first kappa shape index (κ1) is 14.0. The summed E-state index contributed by atoms with van der Waals surface area (Å²) < 4.78 is 0. The molecular weight excluding hydrogens is 232 g/mol. The van der Waals surface area contributed by atoms with Gasteiger partial charge in [0.1, 0.15) is 0 Å². The maximum atomic E-state index is 11.2. The summed E-state index contributed by atoms with van der Waals surface area (Å²) >= 11 is 0. The standard InChI is InChI=1S/C13H18N2O3/c1-8-4-5-9(11(16)17)10(6-8)15-7-13(2,3)12(14)18/h4-6,15H,7H2,1-3H3,(H2,14,18)(H,16,17). The van der Waals surface area contributed by atoms with E-state index < -0.39 is 17.3 Å². The van der Waals surface area contributed by atoms with Crippen LogP contribution in [-0.2, 0) is 4.79 Å². The van der Waals surface area contributed by atoms with Gasteiger partial charge in [0.25, 0.3) is 0 Å². The largest absolute Gasteiger partial charge is 0.478 e. The number of carbonyl (C=O) groups is 2. The number of carboxylic acid groups (broad SMARTS) is 1. The average molecular weight is 250 g/mol. The molecule has 18 heavy (non-hydrogen) atoms. The molecule has 1 aromatic carbocycles. The van der Waals surface area contributed by atoms with Crippen molar-refractivity contribution in [1.29, 1.82) is 0 Å². The third kappa shape index (κ3) is 3.23. The molecule has 0 spiro atoms. The number of hydrogen-bond donors (Lipinski definition) is 3. The van der Waals surface area contributed by atoms with Crippen LogP contribution in [-0.4, -0.2) is 23.5 Å². The number of nitrogens with two attached hydrogens (primary N) is 1. The second-order valence-electron chi connectivity index (χ2n) is 4.96. The Balaban J connectivity index is 2.94. The molecule has 0 aliphatic rings. The van der Waals surface area contributed by atoms with Crippen molar-refractivity contribution in [2.45, 2.75) is 20.8 Å². The molecule has 0 saturated carbocycles. The summed E-state index contributed by atoms with van der Waals surface area (Å²) in [5, 5.41) is 12.0. The van der Waals surface area contributed by atoms with Gasteiger partial charge in [0.15, 0.2) is 0 Å². The molecular formula is C13H18N2O3. The molecule has 0 unspecified atom stereocenters. The highest BCUT2D eigenvalue weighted by atomic mass is 16.4. The van der Waals surface area contributed by atoms with Gasteiger partial charge in [-0.05, 0) is 38.5 Å². The van der Waals surface area contributed by atoms with Gasteiger partial charge in [0.2, 0.25) is 5.91 Å². The van der Waals surface area contributed by atoms with Crippen molar-refractivity contribution in [2.75, 3.05) is 11.9 Å². The molecule has 1 aromatic rings. The van der Waals surface area contributed by atoms with Crippen LogP contribution in [0.25, 0.3) is 0 Å². The summed E-state index contributed by atoms with van der Waals surface area (Å²) in [5.74, 6) is -1.44. The summed E-state index contributed by atoms with van der Waals surface area (Å²) in [6, 6.07) is 5.01. The molecule has 0 aliphatic heterocycles. The van der Waals surface area contributed by atoms with Crippen LogP contribution in [0.1, 0.15) is 29.8 Å². The van der Waals surface area contributed by atoms with E-state index in [4.69, 9.17) is 10.8 Å². The van der Waals surface area contributed by atoms with E-state index in [2.05, 4.69) is 5.32 Å². The summed E-state index contributed by atoms with van der Waals surface area (Å²) in [6.07, 6.45) is 0. The Hall–Kier alpha value is -2.04. The molecule has 5 nitrogen and oxygen atoms in total. The minimum absolute atomic E-state index is 0.181. The lowest BCUT2D eigenvalue weighted by molar-refractivity contribution is -0.125. The van der Waals surface area contributed by atoms with Crippen molar-refractivity contribution in [3.8, 4) is 0 Å². The van der Waals surface area contributed by atoms with Crippen molar-refractivity contribution in [1.82, 2.24) is 0 Å². The van der Waals surface area contributed by atoms with E-state index in [1.807, 2.05) is 6.92 Å². The van der Waals surface area contributed by atoms with Crippen LogP contribution in [0.3, 0.4) is 0 Å². The zero-order valence-electron chi connectivity index (χ0n) is 10.8. The van der Waals surface area contributed by atoms with Gasteiger partial charge in [-0.3, -0.25) is 4.79 Å². The first-order valence-corrected chi connectivity index (χ1v) is 5.62. The summed E-state index contributed by atoms with van der Waals surface area (Å²) in [6.45, 7) is 5.57. The second kappa shape index (κ2) is 5.08. The number of amides is 1. The van der Waals surface area contributed by atoms with Gasteiger partial charge in [0.05, 0.1) is 11.0 Å². The van der Waals surface area contributed by atoms with Crippen LogP contribution in [0.5, 0.6) is 0 Å². The van der Waals surface area contributed by atoms with Crippen LogP contribution >= 0.6 is 0 Å². The number of anilines is 1. The van der Waals surface area contributed by atoms with Crippen LogP contribution in [0.2, 0.25) is 0 Å². The fraction of sp³-hybridized carbons (Fsp3) is 0.385. The van der Waals surface area contributed by atoms with Gasteiger partial charge in [-0.2, -0.15) is 0 Å². The SMILES string of the molecule is Cc1ccc(C(=O)O)c(NCC(C)(C)C(N)=O)c1. The minimum Gasteiger partial charge on any atom is -0.478 e. The van der Waals surface area contributed by atoms with E-state index in [0.717, 1.165) is 5.56 Å². The highest BCUT2D eigenvalue weighted by Crippen LogP contribution is 2.21. The highest BCUT2D eigenvalue weighted by molar-refractivity contribution is 5.94. The van der Waals surface area contributed by atoms with E-state index in [9.17, 15) is 9.59 Å². The van der Waals surface area contributed by atoms with Crippen LogP contribution < -0.4 is 11.1 Å². The lowest BCUT2D eigenvalue weighted by Gasteiger charge is -2.22. The number of benzene rings is 1. The molecule has 0 radical (unpaired) electrons. The Kier molecular flexibility index (Phi) is 3.96. The fourth-order valence-electron chi connectivity index (χ4n) is 1.39. The first-order chi connectivity index (χ1) is 8.24. The van der Waals surface area contributed by atoms with E-state index in [-0.39, 0.29) is 12.1 Å². The van der Waals surface area contributed by atoms with Crippen molar-refractivity contribution >= 4 is 17.6 Å². The highest BCUT2D eigenvalue weighted by Gasteiger charge is 2.25. The number of aryl methyl sites for hydroxylation is 1. The molecule has 1 rings (SSSR count). The van der Waals surface area contributed by atoms with E-state index in [0.29, 0.717) is 5.69 Å². The molecule has 4 N–H and O–H groups in total. The Morgan fingerprint density at radius 3 is 2.50 bits per heavy atom. The van der Waals surface area contributed by atoms with Crippen molar-refractivity contribution < 1.29 is 14.7 Å². The molecule has 0 atom stereocenters. The van der Waals surface area contributed by atoms with E-state index in [1.165, 1.54) is 6.07 Å². The van der Waals surface area contributed by atoms with Crippen LogP contribution in [0.15, 0.2) is 18.2 Å². The average Bonchev–Trinajstić information content (AvgIpc) is 2.26. The Morgan fingerprint density at radius 2 is 2.00 bits per heavy atom. The number of carboxylic acids is 1. The minimum atomic E-state index is -1.01. The zero-order valence-corrected chi connectivity index (χ0v) is 10.8. The second-order valence-corrected chi connectivity index (χ2v) is 4.96. The predicted octanol–water partition coefficient (Wildman–Crippen LogP) is 1.62. The third-order valence-electron chi connectivity index (χ3n) is 2.79. The third-order valence-corrected chi connectivity index (χ3v) is 2.79. The van der Waals surface area contributed by atoms with Crippen LogP contribution in [0, 0.1) is 12.3 Å². The molecule has 0 aromatic heterocycles. The molecule has 1 amide bonds. The van der Waals surface area contributed by atoms with Gasteiger partial charge in [-0.1, -0.05) is 6.07 Å². The van der Waals surface area contributed by atoms with E-state index >= 15 is 0 Å². The molecule has 0 heterocycles. The van der Waals surface area contributed by atoms with Gasteiger partial charge < -0.3 is 16.2 Å². The number of rotatable bonds is 5. The number of carbonyl (C=O) groups excluding carboxylic acids is 1. The smallest absolute Gasteiger partial charge is 0.337 e. The lowest BCUT2D eigenvalue weighted by Crippen LogP contribution is -2.37. The van der Waals surface area contributed by atoms with Crippen molar-refractivity contribution in [3.63, 3.8) is 0 Å². The molecule has 98 valence electrons. The quantitative estimate of drug-likeness (QED) is 0.740. The number of primary amides is 1. The van der Waals surface area contributed by atoms with Crippen molar-refractivity contribution in [2.24, 2.45) is 11.1 Å². The van der Waals surface area contributed by atoms with Gasteiger partial charge in [-0.25, -0.2) is 4.79 Å². The predicted molar refractivity (Wildman–Crippen MR) is 69.6 cm³/mol. The summed E-state index contributed by atoms with van der Waals surface area (Å²) in [7, 11) is 0. The Morgan fingerprint density at radius 1 is 1.39 bits per heavy atom. The maximum Gasteiger partial charge on any atom is 0.337 e. The zero-order chi connectivity index (χ0) is 13.9. The first-order valence-electron chi connectivity index (χ1n) is 5.62. The monoisotopic (exact) mass is 250 g/mol. The molecule has 0 fully saturated rings. The van der Waals surface area contributed by atoms with Crippen molar-refractivity contribution in [3.05, 3.63) is 29.3 Å². The molecule has 5 heteroatoms. The lowest BCUT2D eigenvalue weighted by atomic mass is 9.92. The Bertz CT molecular complexity index is 481.